The lowest BCUT2D eigenvalue weighted by molar-refractivity contribution is 0.684. The number of nitrogens with zero attached hydrogens (tertiary/aromatic N) is 2. The Balaban J connectivity index is 2.76. The van der Waals surface area contributed by atoms with E-state index in [1.54, 1.807) is 19.4 Å². The lowest BCUT2D eigenvalue weighted by atomic mass is 10.0. The van der Waals surface area contributed by atoms with Crippen molar-refractivity contribution in [1.29, 1.82) is 0 Å². The Morgan fingerprint density at radius 2 is 1.95 bits per heavy atom. The molecule has 0 saturated carbocycles. The largest absolute Gasteiger partial charge is 0.384 e. The third-order valence-electron chi connectivity index (χ3n) is 3.31. The van der Waals surface area contributed by atoms with Gasteiger partial charge in [-0.25, -0.2) is 0 Å². The Morgan fingerprint density at radius 3 is 2.47 bits per heavy atom. The Hall–Kier alpha value is -2.10. The molecule has 0 aliphatic carbocycles. The number of aromatic nitrogens is 2. The normalized spacial score (nSPS) is 10.5. The van der Waals surface area contributed by atoms with E-state index >= 15 is 0 Å². The second-order valence-corrected chi connectivity index (χ2v) is 4.31. The molecule has 2 aromatic heterocycles. The third kappa shape index (κ3) is 2.38. The average molecular weight is 257 g/mol. The number of nitrogens with one attached hydrogen (secondary N) is 1. The van der Waals surface area contributed by atoms with Crippen LogP contribution in [0.5, 0.6) is 0 Å². The molecule has 0 fully saturated rings. The van der Waals surface area contributed by atoms with Gasteiger partial charge in [-0.2, -0.15) is 0 Å². The molecule has 0 saturated heterocycles. The average Bonchev–Trinajstić information content (AvgIpc) is 2.47. The van der Waals surface area contributed by atoms with Crippen molar-refractivity contribution in [3.8, 4) is 11.1 Å². The first-order valence-corrected chi connectivity index (χ1v) is 6.57. The molecule has 0 bridgehead atoms. The predicted octanol–water partition coefficient (Wildman–Crippen LogP) is 2.53. The minimum Gasteiger partial charge on any atom is -0.384 e. The van der Waals surface area contributed by atoms with Crippen LogP contribution in [0.3, 0.4) is 0 Å². The van der Waals surface area contributed by atoms with E-state index < -0.39 is 0 Å². The van der Waals surface area contributed by atoms with Crippen molar-refractivity contribution in [3.63, 3.8) is 0 Å². The summed E-state index contributed by atoms with van der Waals surface area (Å²) in [4.78, 5) is 16.3. The topological polar surface area (TPSA) is 46.9 Å². The summed E-state index contributed by atoms with van der Waals surface area (Å²) in [5, 5.41) is 2.98. The van der Waals surface area contributed by atoms with Gasteiger partial charge in [-0.3, -0.25) is 9.78 Å². The van der Waals surface area contributed by atoms with Gasteiger partial charge in [-0.15, -0.1) is 0 Å². The first-order valence-electron chi connectivity index (χ1n) is 6.57. The van der Waals surface area contributed by atoms with E-state index in [1.807, 2.05) is 29.7 Å². The molecule has 0 aliphatic heterocycles. The molecular formula is C15H19N3O. The number of anilines is 1. The fraction of sp³-hybridized carbons (Fsp3) is 0.333. The zero-order valence-corrected chi connectivity index (χ0v) is 11.6. The molecule has 0 amide bonds. The fourth-order valence-electron chi connectivity index (χ4n) is 2.38. The van der Waals surface area contributed by atoms with Crippen LogP contribution in [0.1, 0.15) is 19.5 Å². The molecule has 0 spiro atoms. The highest BCUT2D eigenvalue weighted by Crippen LogP contribution is 2.25. The second kappa shape index (κ2) is 5.69. The van der Waals surface area contributed by atoms with Gasteiger partial charge in [-0.05, 0) is 37.1 Å². The van der Waals surface area contributed by atoms with Gasteiger partial charge in [-0.1, -0.05) is 6.92 Å². The van der Waals surface area contributed by atoms with Gasteiger partial charge in [0.2, 0.25) is 0 Å². The monoisotopic (exact) mass is 257 g/mol. The summed E-state index contributed by atoms with van der Waals surface area (Å²) in [6.07, 6.45) is 4.37. The van der Waals surface area contributed by atoms with Crippen LogP contribution in [0.15, 0.2) is 35.4 Å². The Labute approximate surface area is 113 Å². The molecule has 2 aromatic rings. The maximum absolute atomic E-state index is 12.3. The van der Waals surface area contributed by atoms with Gasteiger partial charge in [0, 0.05) is 37.2 Å². The van der Waals surface area contributed by atoms with Crippen molar-refractivity contribution in [2.45, 2.75) is 26.8 Å². The number of hydrogen-bond donors (Lipinski definition) is 1. The summed E-state index contributed by atoms with van der Waals surface area (Å²) in [6, 6.07) is 5.87. The summed E-state index contributed by atoms with van der Waals surface area (Å²) in [5.74, 6) is 0. The SMILES string of the molecule is CCc1c(-c2ccncc2)cc(NC)c(=O)n1CC. The van der Waals surface area contributed by atoms with Crippen molar-refractivity contribution >= 4 is 5.69 Å². The maximum Gasteiger partial charge on any atom is 0.274 e. The quantitative estimate of drug-likeness (QED) is 0.915. The van der Waals surface area contributed by atoms with Gasteiger partial charge >= 0.3 is 0 Å². The Bertz CT molecular complexity index is 617. The van der Waals surface area contributed by atoms with Gasteiger partial charge < -0.3 is 9.88 Å². The molecule has 2 heterocycles. The van der Waals surface area contributed by atoms with Crippen LogP contribution in [0, 0.1) is 0 Å². The van der Waals surface area contributed by atoms with E-state index in [4.69, 9.17) is 0 Å². The zero-order valence-electron chi connectivity index (χ0n) is 11.6. The molecule has 1 N–H and O–H groups in total. The van der Waals surface area contributed by atoms with Gasteiger partial charge in [0.1, 0.15) is 5.69 Å². The minimum absolute atomic E-state index is 0.0413. The van der Waals surface area contributed by atoms with Crippen molar-refractivity contribution in [3.05, 3.63) is 46.6 Å². The summed E-state index contributed by atoms with van der Waals surface area (Å²) < 4.78 is 1.83. The Kier molecular flexibility index (Phi) is 4.00. The standard InChI is InChI=1S/C15H19N3O/c1-4-14-12(11-6-8-17-9-7-11)10-13(16-3)15(19)18(14)5-2/h6-10,16H,4-5H2,1-3H3. The van der Waals surface area contributed by atoms with Crippen molar-refractivity contribution in [1.82, 2.24) is 9.55 Å². The number of pyridine rings is 2. The van der Waals surface area contributed by atoms with Gasteiger partial charge in [0.15, 0.2) is 0 Å². The first-order chi connectivity index (χ1) is 9.22. The molecule has 4 nitrogen and oxygen atoms in total. The van der Waals surface area contributed by atoms with Crippen LogP contribution in [0.4, 0.5) is 5.69 Å². The summed E-state index contributed by atoms with van der Waals surface area (Å²) >= 11 is 0. The number of rotatable bonds is 4. The van der Waals surface area contributed by atoms with Crippen LogP contribution in [-0.2, 0) is 13.0 Å². The highest BCUT2D eigenvalue weighted by Gasteiger charge is 2.13. The summed E-state index contributed by atoms with van der Waals surface area (Å²) in [6.45, 7) is 4.75. The van der Waals surface area contributed by atoms with Crippen LogP contribution >= 0.6 is 0 Å². The van der Waals surface area contributed by atoms with E-state index in [0.717, 1.165) is 23.2 Å². The molecule has 100 valence electrons. The molecule has 0 unspecified atom stereocenters. The second-order valence-electron chi connectivity index (χ2n) is 4.31. The van der Waals surface area contributed by atoms with E-state index in [-0.39, 0.29) is 5.56 Å². The van der Waals surface area contributed by atoms with Crippen LogP contribution in [0.25, 0.3) is 11.1 Å². The molecular weight excluding hydrogens is 238 g/mol. The smallest absolute Gasteiger partial charge is 0.274 e. The maximum atomic E-state index is 12.3. The fourth-order valence-corrected chi connectivity index (χ4v) is 2.38. The molecule has 0 aliphatic rings. The van der Waals surface area contributed by atoms with E-state index in [1.165, 1.54) is 0 Å². The predicted molar refractivity (Wildman–Crippen MR) is 78.5 cm³/mol. The summed E-state index contributed by atoms with van der Waals surface area (Å²) in [7, 11) is 1.78. The Morgan fingerprint density at radius 1 is 1.26 bits per heavy atom. The van der Waals surface area contributed by atoms with Gasteiger partial charge in [0.25, 0.3) is 5.56 Å². The van der Waals surface area contributed by atoms with Crippen molar-refractivity contribution < 1.29 is 0 Å². The van der Waals surface area contributed by atoms with Crippen molar-refractivity contribution in [2.75, 3.05) is 12.4 Å². The molecule has 19 heavy (non-hydrogen) atoms. The van der Waals surface area contributed by atoms with Crippen LogP contribution in [0.2, 0.25) is 0 Å². The van der Waals surface area contributed by atoms with Gasteiger partial charge in [0.05, 0.1) is 0 Å². The summed E-state index contributed by atoms with van der Waals surface area (Å²) in [5.41, 5.74) is 3.92. The molecule has 4 heteroatoms. The first kappa shape index (κ1) is 13.3. The minimum atomic E-state index is 0.0413. The van der Waals surface area contributed by atoms with E-state index in [0.29, 0.717) is 12.2 Å². The molecule has 0 radical (unpaired) electrons. The van der Waals surface area contributed by atoms with Crippen LogP contribution in [-0.4, -0.2) is 16.6 Å². The lowest BCUT2D eigenvalue weighted by Gasteiger charge is -2.17. The highest BCUT2D eigenvalue weighted by atomic mass is 16.1. The molecule has 0 atom stereocenters. The van der Waals surface area contributed by atoms with Crippen molar-refractivity contribution in [2.24, 2.45) is 0 Å². The highest BCUT2D eigenvalue weighted by molar-refractivity contribution is 5.69. The zero-order chi connectivity index (χ0) is 13.8. The lowest BCUT2D eigenvalue weighted by Crippen LogP contribution is -2.25. The third-order valence-corrected chi connectivity index (χ3v) is 3.31. The number of hydrogen-bond acceptors (Lipinski definition) is 3. The van der Waals surface area contributed by atoms with E-state index in [9.17, 15) is 4.79 Å². The van der Waals surface area contributed by atoms with E-state index in [2.05, 4.69) is 17.2 Å². The molecule has 2 rings (SSSR count). The van der Waals surface area contributed by atoms with Crippen LogP contribution < -0.4 is 10.9 Å². The molecule has 0 aromatic carbocycles.